The van der Waals surface area contributed by atoms with Crippen LogP contribution >= 0.6 is 11.3 Å². The van der Waals surface area contributed by atoms with E-state index in [0.717, 1.165) is 28.0 Å². The molecule has 1 aromatic heterocycles. The van der Waals surface area contributed by atoms with Crippen molar-refractivity contribution in [2.75, 3.05) is 11.9 Å². The largest absolute Gasteiger partial charge is 0.494 e. The minimum atomic E-state index is 0.672. The second kappa shape index (κ2) is 7.04. The van der Waals surface area contributed by atoms with Crippen molar-refractivity contribution in [1.29, 1.82) is 0 Å². The van der Waals surface area contributed by atoms with Crippen molar-refractivity contribution in [3.8, 4) is 16.3 Å². The summed E-state index contributed by atoms with van der Waals surface area (Å²) >= 11 is 1.55. The van der Waals surface area contributed by atoms with E-state index in [0.29, 0.717) is 6.61 Å². The zero-order valence-corrected chi connectivity index (χ0v) is 13.1. The van der Waals surface area contributed by atoms with Crippen molar-refractivity contribution in [3.05, 3.63) is 60.2 Å². The maximum Gasteiger partial charge on any atom is 0.206 e. The maximum absolute atomic E-state index is 5.44. The molecule has 0 spiro atoms. The lowest BCUT2D eigenvalue weighted by Gasteiger charge is -2.02. The molecule has 0 unspecified atom stereocenters. The summed E-state index contributed by atoms with van der Waals surface area (Å²) in [6, 6.07) is 18.2. The monoisotopic (exact) mass is 311 g/mol. The molecule has 0 atom stereocenters. The highest BCUT2D eigenvalue weighted by Crippen LogP contribution is 2.28. The number of aromatic nitrogens is 2. The van der Waals surface area contributed by atoms with Gasteiger partial charge in [0.25, 0.3) is 0 Å². The fourth-order valence-electron chi connectivity index (χ4n) is 2.05. The van der Waals surface area contributed by atoms with E-state index in [1.165, 1.54) is 5.56 Å². The summed E-state index contributed by atoms with van der Waals surface area (Å²) < 4.78 is 5.44. The summed E-state index contributed by atoms with van der Waals surface area (Å²) in [5.41, 5.74) is 2.27. The van der Waals surface area contributed by atoms with E-state index in [1.807, 2.05) is 49.4 Å². The molecule has 0 radical (unpaired) electrons. The Morgan fingerprint density at radius 1 is 1.00 bits per heavy atom. The van der Waals surface area contributed by atoms with Crippen LogP contribution in [-0.4, -0.2) is 16.8 Å². The number of rotatable bonds is 6. The van der Waals surface area contributed by atoms with Crippen LogP contribution in [0.4, 0.5) is 5.13 Å². The Hall–Kier alpha value is -2.40. The molecule has 0 aliphatic heterocycles. The van der Waals surface area contributed by atoms with E-state index in [4.69, 9.17) is 4.74 Å². The lowest BCUT2D eigenvalue weighted by atomic mass is 10.2. The fourth-order valence-corrected chi connectivity index (χ4v) is 2.79. The first-order valence-corrected chi connectivity index (χ1v) is 8.01. The summed E-state index contributed by atoms with van der Waals surface area (Å²) in [5, 5.41) is 13.5. The van der Waals surface area contributed by atoms with Crippen molar-refractivity contribution in [3.63, 3.8) is 0 Å². The molecule has 0 bridgehead atoms. The molecule has 112 valence electrons. The molecule has 22 heavy (non-hydrogen) atoms. The highest BCUT2D eigenvalue weighted by molar-refractivity contribution is 7.18. The fraction of sp³-hybridized carbons (Fsp3) is 0.176. The minimum absolute atomic E-state index is 0.672. The molecule has 0 aliphatic rings. The molecule has 3 rings (SSSR count). The highest BCUT2D eigenvalue weighted by Gasteiger charge is 2.06. The van der Waals surface area contributed by atoms with Gasteiger partial charge in [-0.15, -0.1) is 10.2 Å². The molecule has 2 aromatic carbocycles. The Bertz CT molecular complexity index is 710. The zero-order chi connectivity index (χ0) is 15.2. The van der Waals surface area contributed by atoms with Gasteiger partial charge in [0.1, 0.15) is 10.8 Å². The minimum Gasteiger partial charge on any atom is -0.494 e. The number of anilines is 1. The van der Waals surface area contributed by atoms with Gasteiger partial charge in [0.05, 0.1) is 6.61 Å². The molecule has 1 heterocycles. The third-order valence-corrected chi connectivity index (χ3v) is 4.05. The molecule has 0 saturated heterocycles. The number of nitrogens with one attached hydrogen (secondary N) is 1. The maximum atomic E-state index is 5.44. The van der Waals surface area contributed by atoms with Crippen molar-refractivity contribution in [2.45, 2.75) is 13.5 Å². The topological polar surface area (TPSA) is 47.0 Å². The number of benzene rings is 2. The molecule has 0 amide bonds. The van der Waals surface area contributed by atoms with Crippen molar-refractivity contribution >= 4 is 16.5 Å². The molecule has 1 N–H and O–H groups in total. The quantitative estimate of drug-likeness (QED) is 0.740. The van der Waals surface area contributed by atoms with Gasteiger partial charge in [-0.2, -0.15) is 0 Å². The molecular weight excluding hydrogens is 294 g/mol. The van der Waals surface area contributed by atoms with E-state index in [-0.39, 0.29) is 0 Å². The normalized spacial score (nSPS) is 10.4. The number of nitrogens with zero attached hydrogens (tertiary/aromatic N) is 2. The Morgan fingerprint density at radius 3 is 2.50 bits per heavy atom. The Kier molecular flexibility index (Phi) is 4.65. The predicted molar refractivity (Wildman–Crippen MR) is 90.3 cm³/mol. The third-order valence-electron chi connectivity index (χ3n) is 3.12. The summed E-state index contributed by atoms with van der Waals surface area (Å²) in [4.78, 5) is 0. The second-order valence-corrected chi connectivity index (χ2v) is 5.69. The van der Waals surface area contributed by atoms with Gasteiger partial charge in [0, 0.05) is 12.1 Å². The van der Waals surface area contributed by atoms with Gasteiger partial charge in [-0.1, -0.05) is 41.7 Å². The van der Waals surface area contributed by atoms with Crippen LogP contribution in [0.25, 0.3) is 10.6 Å². The van der Waals surface area contributed by atoms with Gasteiger partial charge >= 0.3 is 0 Å². The van der Waals surface area contributed by atoms with E-state index in [2.05, 4.69) is 27.6 Å². The smallest absolute Gasteiger partial charge is 0.206 e. The average molecular weight is 311 g/mol. The van der Waals surface area contributed by atoms with Crippen LogP contribution in [0.15, 0.2) is 54.6 Å². The lowest BCUT2D eigenvalue weighted by Crippen LogP contribution is -1.98. The molecule has 5 heteroatoms. The van der Waals surface area contributed by atoms with Crippen LogP contribution < -0.4 is 10.1 Å². The van der Waals surface area contributed by atoms with Gasteiger partial charge < -0.3 is 10.1 Å². The Morgan fingerprint density at radius 2 is 1.77 bits per heavy atom. The van der Waals surface area contributed by atoms with Crippen molar-refractivity contribution in [2.24, 2.45) is 0 Å². The molecule has 0 fully saturated rings. The van der Waals surface area contributed by atoms with Crippen LogP contribution in [0.1, 0.15) is 12.5 Å². The first-order chi connectivity index (χ1) is 10.8. The molecule has 0 aliphatic carbocycles. The molecular formula is C17H17N3OS. The van der Waals surface area contributed by atoms with Crippen LogP contribution in [0, 0.1) is 0 Å². The molecule has 0 saturated carbocycles. The van der Waals surface area contributed by atoms with E-state index in [1.54, 1.807) is 11.3 Å². The zero-order valence-electron chi connectivity index (χ0n) is 12.3. The van der Waals surface area contributed by atoms with Gasteiger partial charge in [-0.3, -0.25) is 0 Å². The summed E-state index contributed by atoms with van der Waals surface area (Å²) in [7, 11) is 0. The lowest BCUT2D eigenvalue weighted by molar-refractivity contribution is 0.340. The first-order valence-electron chi connectivity index (χ1n) is 7.19. The average Bonchev–Trinajstić information content (AvgIpc) is 3.04. The highest BCUT2D eigenvalue weighted by atomic mass is 32.1. The Balaban J connectivity index is 1.65. The van der Waals surface area contributed by atoms with Crippen LogP contribution in [0.5, 0.6) is 5.75 Å². The van der Waals surface area contributed by atoms with E-state index < -0.39 is 0 Å². The molecule has 3 aromatic rings. The Labute approximate surface area is 133 Å². The SMILES string of the molecule is CCOc1ccc(-c2nnc(NCc3ccccc3)s2)cc1. The third kappa shape index (κ3) is 3.62. The van der Waals surface area contributed by atoms with Crippen LogP contribution in [0.2, 0.25) is 0 Å². The van der Waals surface area contributed by atoms with Gasteiger partial charge in [0.2, 0.25) is 5.13 Å². The van der Waals surface area contributed by atoms with E-state index in [9.17, 15) is 0 Å². The second-order valence-electron chi connectivity index (χ2n) is 4.71. The summed E-state index contributed by atoms with van der Waals surface area (Å²) in [6.45, 7) is 3.40. The number of hydrogen-bond acceptors (Lipinski definition) is 5. The van der Waals surface area contributed by atoms with E-state index >= 15 is 0 Å². The van der Waals surface area contributed by atoms with Crippen LogP contribution in [0.3, 0.4) is 0 Å². The number of hydrogen-bond donors (Lipinski definition) is 1. The van der Waals surface area contributed by atoms with Gasteiger partial charge in [-0.25, -0.2) is 0 Å². The standard InChI is InChI=1S/C17H17N3OS/c1-2-21-15-10-8-14(9-11-15)16-19-20-17(22-16)18-12-13-6-4-3-5-7-13/h3-11H,2,12H2,1H3,(H,18,20). The predicted octanol–water partition coefficient (Wildman–Crippen LogP) is 4.22. The van der Waals surface area contributed by atoms with Crippen LogP contribution in [-0.2, 0) is 6.54 Å². The number of ether oxygens (including phenoxy) is 1. The molecule has 4 nitrogen and oxygen atoms in total. The summed E-state index contributed by atoms with van der Waals surface area (Å²) in [5.74, 6) is 0.873. The van der Waals surface area contributed by atoms with Crippen molar-refractivity contribution < 1.29 is 4.74 Å². The van der Waals surface area contributed by atoms with Crippen molar-refractivity contribution in [1.82, 2.24) is 10.2 Å². The van der Waals surface area contributed by atoms with Gasteiger partial charge in [-0.05, 0) is 36.8 Å². The van der Waals surface area contributed by atoms with Gasteiger partial charge in [0.15, 0.2) is 0 Å². The summed E-state index contributed by atoms with van der Waals surface area (Å²) in [6.07, 6.45) is 0. The first kappa shape index (κ1) is 14.5.